The largest absolute Gasteiger partial charge is 0.383 e. The van der Waals surface area contributed by atoms with Crippen LogP contribution in [0.1, 0.15) is 44.6 Å². The van der Waals surface area contributed by atoms with Crippen molar-refractivity contribution in [2.24, 2.45) is 0 Å². The molecule has 0 saturated carbocycles. The summed E-state index contributed by atoms with van der Waals surface area (Å²) in [6, 6.07) is 0. The first-order chi connectivity index (χ1) is 9.31. The quantitative estimate of drug-likeness (QED) is 0.825. The van der Waals surface area contributed by atoms with E-state index in [0.717, 1.165) is 43.8 Å². The second-order valence-corrected chi connectivity index (χ2v) is 5.04. The Kier molecular flexibility index (Phi) is 5.39. The fraction of sp³-hybridized carbons (Fsp3) is 0.714. The number of hydrogen-bond donors (Lipinski definition) is 2. The number of rotatable bonds is 6. The molecular formula is C14H24N4O. The van der Waals surface area contributed by atoms with Gasteiger partial charge in [0.2, 0.25) is 0 Å². The maximum Gasteiger partial charge on any atom is 0.134 e. The average Bonchev–Trinajstić information content (AvgIpc) is 2.44. The molecule has 19 heavy (non-hydrogen) atoms. The van der Waals surface area contributed by atoms with Gasteiger partial charge in [0.05, 0.1) is 6.10 Å². The minimum absolute atomic E-state index is 0.398. The standard InChI is InChI=1S/C14H24N4O/c1-2-5-12-13(15)17-10-18-14(12)16-8-7-11-6-3-4-9-19-11/h10-11H,2-9H2,1H3,(H3,15,16,17,18). The van der Waals surface area contributed by atoms with Crippen LogP contribution in [0.3, 0.4) is 0 Å². The van der Waals surface area contributed by atoms with E-state index >= 15 is 0 Å². The molecule has 1 aromatic rings. The Morgan fingerprint density at radius 3 is 3.05 bits per heavy atom. The highest BCUT2D eigenvalue weighted by molar-refractivity contribution is 5.54. The molecule has 1 fully saturated rings. The molecular weight excluding hydrogens is 240 g/mol. The number of nitrogens with zero attached hydrogens (tertiary/aromatic N) is 2. The number of nitrogens with two attached hydrogens (primary N) is 1. The third-order valence-electron chi connectivity index (χ3n) is 3.51. The molecule has 0 radical (unpaired) electrons. The van der Waals surface area contributed by atoms with Gasteiger partial charge in [-0.15, -0.1) is 0 Å². The van der Waals surface area contributed by atoms with Crippen LogP contribution in [0, 0.1) is 0 Å². The Labute approximate surface area is 115 Å². The third-order valence-corrected chi connectivity index (χ3v) is 3.51. The Balaban J connectivity index is 1.86. The van der Waals surface area contributed by atoms with Crippen molar-refractivity contribution in [3.05, 3.63) is 11.9 Å². The van der Waals surface area contributed by atoms with Crippen LogP contribution in [0.15, 0.2) is 6.33 Å². The van der Waals surface area contributed by atoms with Gasteiger partial charge in [0, 0.05) is 18.7 Å². The Morgan fingerprint density at radius 2 is 2.32 bits per heavy atom. The summed E-state index contributed by atoms with van der Waals surface area (Å²) in [6.07, 6.45) is 8.56. The third kappa shape index (κ3) is 4.06. The molecule has 0 bridgehead atoms. The average molecular weight is 264 g/mol. The van der Waals surface area contributed by atoms with E-state index in [-0.39, 0.29) is 0 Å². The van der Waals surface area contributed by atoms with Crippen LogP contribution in [0.2, 0.25) is 0 Å². The highest BCUT2D eigenvalue weighted by Crippen LogP contribution is 2.20. The van der Waals surface area contributed by atoms with E-state index < -0.39 is 0 Å². The molecule has 0 aliphatic carbocycles. The lowest BCUT2D eigenvalue weighted by Gasteiger charge is -2.22. The second kappa shape index (κ2) is 7.28. The molecule has 1 saturated heterocycles. The van der Waals surface area contributed by atoms with Crippen LogP contribution < -0.4 is 11.1 Å². The van der Waals surface area contributed by atoms with Crippen molar-refractivity contribution >= 4 is 11.6 Å². The summed E-state index contributed by atoms with van der Waals surface area (Å²) in [7, 11) is 0. The van der Waals surface area contributed by atoms with Crippen molar-refractivity contribution in [3.63, 3.8) is 0 Å². The molecule has 1 atom stereocenters. The zero-order chi connectivity index (χ0) is 13.5. The fourth-order valence-electron chi connectivity index (χ4n) is 2.46. The van der Waals surface area contributed by atoms with Gasteiger partial charge >= 0.3 is 0 Å². The van der Waals surface area contributed by atoms with Crippen LogP contribution in [0.4, 0.5) is 11.6 Å². The molecule has 106 valence electrons. The van der Waals surface area contributed by atoms with Crippen molar-refractivity contribution in [2.75, 3.05) is 24.2 Å². The van der Waals surface area contributed by atoms with Crippen LogP contribution in [-0.2, 0) is 11.2 Å². The van der Waals surface area contributed by atoms with Gasteiger partial charge in [-0.3, -0.25) is 0 Å². The predicted molar refractivity (Wildman–Crippen MR) is 77.1 cm³/mol. The van der Waals surface area contributed by atoms with E-state index in [9.17, 15) is 0 Å². The molecule has 1 unspecified atom stereocenters. The summed E-state index contributed by atoms with van der Waals surface area (Å²) in [5.41, 5.74) is 6.94. The smallest absolute Gasteiger partial charge is 0.134 e. The summed E-state index contributed by atoms with van der Waals surface area (Å²) in [5.74, 6) is 1.47. The monoisotopic (exact) mass is 264 g/mol. The van der Waals surface area contributed by atoms with Crippen molar-refractivity contribution < 1.29 is 4.74 Å². The second-order valence-electron chi connectivity index (χ2n) is 5.04. The van der Waals surface area contributed by atoms with Gasteiger partial charge in [-0.2, -0.15) is 0 Å². The molecule has 1 aliphatic rings. The molecule has 1 aromatic heterocycles. The fourth-order valence-corrected chi connectivity index (χ4v) is 2.46. The predicted octanol–water partition coefficient (Wildman–Crippen LogP) is 2.38. The summed E-state index contributed by atoms with van der Waals surface area (Å²) < 4.78 is 5.72. The van der Waals surface area contributed by atoms with Gasteiger partial charge in [0.15, 0.2) is 0 Å². The van der Waals surface area contributed by atoms with E-state index in [1.165, 1.54) is 25.6 Å². The van der Waals surface area contributed by atoms with Crippen LogP contribution in [0.25, 0.3) is 0 Å². The Morgan fingerprint density at radius 1 is 1.42 bits per heavy atom. The van der Waals surface area contributed by atoms with Gasteiger partial charge < -0.3 is 15.8 Å². The van der Waals surface area contributed by atoms with Crippen LogP contribution in [-0.4, -0.2) is 29.2 Å². The van der Waals surface area contributed by atoms with E-state index in [2.05, 4.69) is 22.2 Å². The topological polar surface area (TPSA) is 73.1 Å². The first-order valence-electron chi connectivity index (χ1n) is 7.26. The zero-order valence-electron chi connectivity index (χ0n) is 11.7. The zero-order valence-corrected chi connectivity index (χ0v) is 11.7. The number of hydrogen-bond acceptors (Lipinski definition) is 5. The van der Waals surface area contributed by atoms with E-state index in [4.69, 9.17) is 10.5 Å². The maximum absolute atomic E-state index is 5.91. The van der Waals surface area contributed by atoms with Gasteiger partial charge in [-0.1, -0.05) is 13.3 Å². The molecule has 0 amide bonds. The van der Waals surface area contributed by atoms with Crippen molar-refractivity contribution in [2.45, 2.75) is 51.6 Å². The summed E-state index contributed by atoms with van der Waals surface area (Å²) in [6.45, 7) is 3.91. The molecule has 0 aromatic carbocycles. The SMILES string of the molecule is CCCc1c(N)ncnc1NCCC1CCCCO1. The molecule has 2 rings (SSSR count). The van der Waals surface area contributed by atoms with Gasteiger partial charge in [0.1, 0.15) is 18.0 Å². The maximum atomic E-state index is 5.91. The number of ether oxygens (including phenoxy) is 1. The van der Waals surface area contributed by atoms with Crippen molar-refractivity contribution in [1.29, 1.82) is 0 Å². The first kappa shape index (κ1) is 14.1. The van der Waals surface area contributed by atoms with Crippen LogP contribution in [0.5, 0.6) is 0 Å². The lowest BCUT2D eigenvalue weighted by Crippen LogP contribution is -2.22. The number of anilines is 2. The van der Waals surface area contributed by atoms with Gasteiger partial charge in [-0.25, -0.2) is 9.97 Å². The molecule has 5 nitrogen and oxygen atoms in total. The minimum Gasteiger partial charge on any atom is -0.383 e. The summed E-state index contributed by atoms with van der Waals surface area (Å²) >= 11 is 0. The molecule has 1 aliphatic heterocycles. The highest BCUT2D eigenvalue weighted by Gasteiger charge is 2.14. The highest BCUT2D eigenvalue weighted by atomic mass is 16.5. The van der Waals surface area contributed by atoms with Crippen molar-refractivity contribution in [3.8, 4) is 0 Å². The summed E-state index contributed by atoms with van der Waals surface area (Å²) in [4.78, 5) is 8.36. The molecule has 2 heterocycles. The van der Waals surface area contributed by atoms with Gasteiger partial charge in [0.25, 0.3) is 0 Å². The molecule has 5 heteroatoms. The lowest BCUT2D eigenvalue weighted by molar-refractivity contribution is 0.0134. The van der Waals surface area contributed by atoms with Crippen molar-refractivity contribution in [1.82, 2.24) is 9.97 Å². The Hall–Kier alpha value is -1.36. The molecule has 3 N–H and O–H groups in total. The Bertz CT molecular complexity index is 391. The number of nitrogens with one attached hydrogen (secondary N) is 1. The van der Waals surface area contributed by atoms with E-state index in [1.807, 2.05) is 0 Å². The van der Waals surface area contributed by atoms with E-state index in [0.29, 0.717) is 11.9 Å². The minimum atomic E-state index is 0.398. The first-order valence-corrected chi connectivity index (χ1v) is 7.26. The van der Waals surface area contributed by atoms with Gasteiger partial charge in [-0.05, 0) is 32.1 Å². The number of aromatic nitrogens is 2. The van der Waals surface area contributed by atoms with Crippen LogP contribution >= 0.6 is 0 Å². The van der Waals surface area contributed by atoms with E-state index in [1.54, 1.807) is 0 Å². The lowest BCUT2D eigenvalue weighted by atomic mass is 10.1. The normalized spacial score (nSPS) is 19.3. The molecule has 0 spiro atoms. The number of nitrogen functional groups attached to an aromatic ring is 1. The summed E-state index contributed by atoms with van der Waals surface area (Å²) in [5, 5.41) is 3.38.